The highest BCUT2D eigenvalue weighted by molar-refractivity contribution is 5.71. The average Bonchev–Trinajstić information content (AvgIpc) is 3.23. The molecule has 0 aromatic rings. The molecule has 0 radical (unpaired) electrons. The van der Waals surface area contributed by atoms with Crippen molar-refractivity contribution in [2.75, 3.05) is 13.2 Å². The van der Waals surface area contributed by atoms with Crippen LogP contribution >= 0.6 is 0 Å². The van der Waals surface area contributed by atoms with E-state index in [2.05, 4.69) is 27.7 Å². The third kappa shape index (κ3) is 47.5. The monoisotopic (exact) mass is 849 g/mol. The molecule has 0 spiro atoms. The lowest BCUT2D eigenvalue weighted by atomic mass is 10.0. The molecule has 0 unspecified atom stereocenters. The van der Waals surface area contributed by atoms with E-state index in [4.69, 9.17) is 14.2 Å². The summed E-state index contributed by atoms with van der Waals surface area (Å²) < 4.78 is 16.8. The van der Waals surface area contributed by atoms with Crippen molar-refractivity contribution in [1.82, 2.24) is 0 Å². The van der Waals surface area contributed by atoms with Gasteiger partial charge in [0.2, 0.25) is 0 Å². The summed E-state index contributed by atoms with van der Waals surface area (Å²) in [5.74, 6) is -0.00518. The Morgan fingerprint density at radius 3 is 0.817 bits per heavy atom. The fourth-order valence-electron chi connectivity index (χ4n) is 8.22. The number of carbonyl (C=O) groups is 3. The van der Waals surface area contributed by atoms with E-state index in [1.54, 1.807) is 0 Å². The summed E-state index contributed by atoms with van der Waals surface area (Å²) in [5.41, 5.74) is 0. The van der Waals surface area contributed by atoms with Gasteiger partial charge in [0.05, 0.1) is 0 Å². The van der Waals surface area contributed by atoms with Crippen LogP contribution in [-0.2, 0) is 28.6 Å². The van der Waals surface area contributed by atoms with Crippen molar-refractivity contribution in [1.29, 1.82) is 0 Å². The van der Waals surface area contributed by atoms with E-state index in [1.807, 2.05) is 0 Å². The zero-order valence-electron chi connectivity index (χ0n) is 40.9. The van der Waals surface area contributed by atoms with Gasteiger partial charge in [0.15, 0.2) is 6.10 Å². The third-order valence-corrected chi connectivity index (χ3v) is 12.3. The molecule has 0 aromatic carbocycles. The number of esters is 3. The Kier molecular flexibility index (Phi) is 47.2. The van der Waals surface area contributed by atoms with E-state index in [0.29, 0.717) is 19.3 Å². The van der Waals surface area contributed by atoms with Crippen LogP contribution in [0.3, 0.4) is 0 Å². The second-order valence-electron chi connectivity index (χ2n) is 19.0. The zero-order valence-corrected chi connectivity index (χ0v) is 40.9. The second kappa shape index (κ2) is 48.4. The topological polar surface area (TPSA) is 78.9 Å². The lowest BCUT2D eigenvalue weighted by molar-refractivity contribution is -0.167. The van der Waals surface area contributed by atoms with Crippen LogP contribution in [0.4, 0.5) is 0 Å². The molecule has 0 aliphatic rings. The number of rotatable bonds is 49. The molecule has 0 bridgehead atoms. The first-order chi connectivity index (χ1) is 29.4. The van der Waals surface area contributed by atoms with Crippen LogP contribution in [0, 0.1) is 5.92 Å². The summed E-state index contributed by atoms with van der Waals surface area (Å²) in [5, 5.41) is 0. The van der Waals surface area contributed by atoms with Crippen LogP contribution in [0.1, 0.15) is 304 Å². The first-order valence-corrected chi connectivity index (χ1v) is 26.9. The Morgan fingerprint density at radius 1 is 0.317 bits per heavy atom. The zero-order chi connectivity index (χ0) is 43.8. The minimum absolute atomic E-state index is 0.0629. The minimum atomic E-state index is -0.760. The second-order valence-corrected chi connectivity index (χ2v) is 19.0. The summed E-state index contributed by atoms with van der Waals surface area (Å²) in [6.45, 7) is 9.01. The molecule has 0 heterocycles. The molecule has 0 amide bonds. The predicted molar refractivity (Wildman–Crippen MR) is 257 cm³/mol. The average molecular weight is 849 g/mol. The molecule has 60 heavy (non-hydrogen) atoms. The Hall–Kier alpha value is -1.59. The van der Waals surface area contributed by atoms with Crippen LogP contribution in [-0.4, -0.2) is 37.2 Å². The largest absolute Gasteiger partial charge is 0.462 e. The number of hydrogen-bond acceptors (Lipinski definition) is 6. The normalized spacial score (nSPS) is 11.9. The first kappa shape index (κ1) is 58.4. The number of carbonyl (C=O) groups excluding carboxylic acids is 3. The van der Waals surface area contributed by atoms with E-state index in [1.165, 1.54) is 199 Å². The van der Waals surface area contributed by atoms with E-state index in [0.717, 1.165) is 63.7 Å². The van der Waals surface area contributed by atoms with Gasteiger partial charge in [-0.1, -0.05) is 265 Å². The molecule has 1 atom stereocenters. The minimum Gasteiger partial charge on any atom is -0.462 e. The number of hydrogen-bond donors (Lipinski definition) is 0. The van der Waals surface area contributed by atoms with Crippen molar-refractivity contribution in [3.8, 4) is 0 Å². The van der Waals surface area contributed by atoms with Gasteiger partial charge < -0.3 is 14.2 Å². The van der Waals surface area contributed by atoms with Gasteiger partial charge in [0.1, 0.15) is 13.2 Å². The van der Waals surface area contributed by atoms with Crippen molar-refractivity contribution in [3.63, 3.8) is 0 Å². The smallest absolute Gasteiger partial charge is 0.306 e. The van der Waals surface area contributed by atoms with Crippen LogP contribution < -0.4 is 0 Å². The van der Waals surface area contributed by atoms with E-state index < -0.39 is 6.10 Å². The van der Waals surface area contributed by atoms with Gasteiger partial charge in [-0.2, -0.15) is 0 Å². The molecule has 0 fully saturated rings. The van der Waals surface area contributed by atoms with Gasteiger partial charge in [0, 0.05) is 19.3 Å². The highest BCUT2D eigenvalue weighted by Crippen LogP contribution is 2.17. The lowest BCUT2D eigenvalue weighted by Crippen LogP contribution is -2.30. The Balaban J connectivity index is 4.17. The Labute approximate surface area is 374 Å². The lowest BCUT2D eigenvalue weighted by Gasteiger charge is -2.18. The van der Waals surface area contributed by atoms with E-state index >= 15 is 0 Å². The SMILES string of the molecule is CCCCCCCCCCCCCCCCCCCCC(=O)OC[C@@H](COC(=O)CCCCCCCCC)OC(=O)CCCCCCCCCCCCCCCCC(C)C. The summed E-state index contributed by atoms with van der Waals surface area (Å²) in [6, 6.07) is 0. The standard InChI is InChI=1S/C54H104O6/c1-5-7-9-11-13-14-15-16-17-18-19-20-24-27-30-34-38-42-46-53(56)59-49-51(48-58-52(55)45-41-37-32-12-10-8-6-2)60-54(57)47-43-39-35-31-28-25-22-21-23-26-29-33-36-40-44-50(3)4/h50-51H,5-49H2,1-4H3/t51-/m1/s1. The van der Waals surface area contributed by atoms with Crippen LogP contribution in [0.5, 0.6) is 0 Å². The van der Waals surface area contributed by atoms with Gasteiger partial charge in [-0.15, -0.1) is 0 Å². The maximum atomic E-state index is 12.8. The maximum absolute atomic E-state index is 12.8. The summed E-state index contributed by atoms with van der Waals surface area (Å²) in [7, 11) is 0. The highest BCUT2D eigenvalue weighted by atomic mass is 16.6. The molecule has 0 aromatic heterocycles. The summed E-state index contributed by atoms with van der Waals surface area (Å²) >= 11 is 0. The van der Waals surface area contributed by atoms with Crippen LogP contribution in [0.15, 0.2) is 0 Å². The van der Waals surface area contributed by atoms with E-state index in [-0.39, 0.29) is 31.1 Å². The molecular weight excluding hydrogens is 745 g/mol. The van der Waals surface area contributed by atoms with Gasteiger partial charge in [-0.25, -0.2) is 0 Å². The third-order valence-electron chi connectivity index (χ3n) is 12.3. The number of ether oxygens (including phenoxy) is 3. The molecule has 0 N–H and O–H groups in total. The molecular formula is C54H104O6. The molecule has 0 aliphatic carbocycles. The first-order valence-electron chi connectivity index (χ1n) is 26.9. The Morgan fingerprint density at radius 2 is 0.550 bits per heavy atom. The highest BCUT2D eigenvalue weighted by Gasteiger charge is 2.19. The summed E-state index contributed by atoms with van der Waals surface area (Å²) in [4.78, 5) is 37.8. The molecule has 0 rings (SSSR count). The maximum Gasteiger partial charge on any atom is 0.306 e. The quantitative estimate of drug-likeness (QED) is 0.0345. The molecule has 6 nitrogen and oxygen atoms in total. The molecule has 0 aliphatic heterocycles. The van der Waals surface area contributed by atoms with Crippen LogP contribution in [0.25, 0.3) is 0 Å². The molecule has 356 valence electrons. The Bertz CT molecular complexity index is 903. The fraction of sp³-hybridized carbons (Fsp3) is 0.944. The van der Waals surface area contributed by atoms with Crippen molar-refractivity contribution in [3.05, 3.63) is 0 Å². The molecule has 6 heteroatoms. The van der Waals surface area contributed by atoms with Gasteiger partial charge in [0.25, 0.3) is 0 Å². The summed E-state index contributed by atoms with van der Waals surface area (Å²) in [6.07, 6.45) is 51.1. The van der Waals surface area contributed by atoms with Crippen molar-refractivity contribution in [2.45, 2.75) is 310 Å². The molecule has 0 saturated carbocycles. The van der Waals surface area contributed by atoms with E-state index in [9.17, 15) is 14.4 Å². The van der Waals surface area contributed by atoms with Crippen molar-refractivity contribution >= 4 is 17.9 Å². The van der Waals surface area contributed by atoms with Crippen LogP contribution in [0.2, 0.25) is 0 Å². The van der Waals surface area contributed by atoms with Gasteiger partial charge in [-0.3, -0.25) is 14.4 Å². The predicted octanol–water partition coefficient (Wildman–Crippen LogP) is 17.5. The number of unbranched alkanes of at least 4 members (excludes halogenated alkanes) is 36. The van der Waals surface area contributed by atoms with Crippen molar-refractivity contribution in [2.24, 2.45) is 5.92 Å². The van der Waals surface area contributed by atoms with Crippen molar-refractivity contribution < 1.29 is 28.6 Å². The van der Waals surface area contributed by atoms with Gasteiger partial charge >= 0.3 is 17.9 Å². The fourth-order valence-corrected chi connectivity index (χ4v) is 8.22. The molecule has 0 saturated heterocycles. The van der Waals surface area contributed by atoms with Gasteiger partial charge in [-0.05, 0) is 25.2 Å².